The summed E-state index contributed by atoms with van der Waals surface area (Å²) in [5, 5.41) is 13.4. The first-order chi connectivity index (χ1) is 10.0. The third-order valence-corrected chi connectivity index (χ3v) is 5.78. The molecule has 0 aliphatic heterocycles. The molecule has 1 aliphatic rings. The Morgan fingerprint density at radius 1 is 1.10 bits per heavy atom. The number of rotatable bonds is 3. The van der Waals surface area contributed by atoms with Crippen molar-refractivity contribution in [1.29, 1.82) is 0 Å². The van der Waals surface area contributed by atoms with Crippen LogP contribution in [0.1, 0.15) is 52.3 Å². The van der Waals surface area contributed by atoms with Crippen LogP contribution in [0.15, 0.2) is 18.2 Å². The summed E-state index contributed by atoms with van der Waals surface area (Å²) < 4.78 is 0. The second-order valence-corrected chi connectivity index (χ2v) is 7.29. The molecule has 2 N–H and O–H groups in total. The van der Waals surface area contributed by atoms with Gasteiger partial charge in [0.25, 0.3) is 0 Å². The Balaban J connectivity index is 1.81. The van der Waals surface area contributed by atoms with Crippen molar-refractivity contribution in [3.8, 4) is 5.75 Å². The van der Waals surface area contributed by atoms with Gasteiger partial charge in [0.15, 0.2) is 0 Å². The molecule has 1 aromatic heterocycles. The van der Waals surface area contributed by atoms with Crippen LogP contribution in [0.5, 0.6) is 5.75 Å². The molecule has 0 saturated heterocycles. The maximum Gasteiger partial charge on any atom is 0.118 e. The van der Waals surface area contributed by atoms with Crippen LogP contribution < -0.4 is 5.32 Å². The van der Waals surface area contributed by atoms with Crippen LogP contribution in [-0.2, 0) is 12.8 Å². The number of hydrogen-bond donors (Lipinski definition) is 2. The fourth-order valence-corrected chi connectivity index (χ4v) is 4.25. The summed E-state index contributed by atoms with van der Waals surface area (Å²) in [6.45, 7) is 6.20. The highest BCUT2D eigenvalue weighted by atomic mass is 32.1. The van der Waals surface area contributed by atoms with E-state index in [-0.39, 0.29) is 0 Å². The van der Waals surface area contributed by atoms with Crippen LogP contribution in [0.4, 0.5) is 5.69 Å². The molecule has 112 valence electrons. The van der Waals surface area contributed by atoms with E-state index in [1.165, 1.54) is 30.6 Å². The van der Waals surface area contributed by atoms with E-state index in [1.54, 1.807) is 10.4 Å². The van der Waals surface area contributed by atoms with Gasteiger partial charge >= 0.3 is 0 Å². The van der Waals surface area contributed by atoms with E-state index in [4.69, 9.17) is 0 Å². The van der Waals surface area contributed by atoms with E-state index in [9.17, 15) is 5.11 Å². The zero-order valence-corrected chi connectivity index (χ0v) is 13.8. The largest absolute Gasteiger partial charge is 0.508 e. The molecule has 3 rings (SSSR count). The van der Waals surface area contributed by atoms with Gasteiger partial charge in [-0.05, 0) is 81.3 Å². The fourth-order valence-electron chi connectivity index (χ4n) is 2.99. The molecule has 1 unspecified atom stereocenters. The van der Waals surface area contributed by atoms with E-state index >= 15 is 0 Å². The lowest BCUT2D eigenvalue weighted by Gasteiger charge is -2.17. The van der Waals surface area contributed by atoms with Crippen molar-refractivity contribution in [2.75, 3.05) is 5.32 Å². The first kappa shape index (κ1) is 14.5. The van der Waals surface area contributed by atoms with Gasteiger partial charge in [0.1, 0.15) is 5.75 Å². The van der Waals surface area contributed by atoms with Crippen molar-refractivity contribution in [3.05, 3.63) is 44.6 Å². The topological polar surface area (TPSA) is 32.3 Å². The Morgan fingerprint density at radius 2 is 1.86 bits per heavy atom. The van der Waals surface area contributed by atoms with Gasteiger partial charge in [-0.2, -0.15) is 0 Å². The zero-order chi connectivity index (χ0) is 15.0. The summed E-state index contributed by atoms with van der Waals surface area (Å²) in [6, 6.07) is 6.57. The van der Waals surface area contributed by atoms with Crippen LogP contribution >= 0.6 is 11.3 Å². The number of benzene rings is 1. The quantitative estimate of drug-likeness (QED) is 0.771. The van der Waals surface area contributed by atoms with Gasteiger partial charge in [0.2, 0.25) is 0 Å². The number of thiophene rings is 1. The normalized spacial score (nSPS) is 15.6. The molecular formula is C18H23NOS. The zero-order valence-electron chi connectivity index (χ0n) is 13.0. The molecule has 0 fully saturated rings. The molecule has 0 spiro atoms. The highest BCUT2D eigenvalue weighted by Crippen LogP contribution is 2.35. The van der Waals surface area contributed by atoms with E-state index in [1.807, 2.05) is 37.3 Å². The maximum absolute atomic E-state index is 9.76. The first-order valence-corrected chi connectivity index (χ1v) is 8.54. The van der Waals surface area contributed by atoms with Crippen LogP contribution in [0.3, 0.4) is 0 Å². The fraction of sp³-hybridized carbons (Fsp3) is 0.444. The summed E-state index contributed by atoms with van der Waals surface area (Å²) in [5.41, 5.74) is 4.68. The molecule has 1 atom stereocenters. The van der Waals surface area contributed by atoms with Gasteiger partial charge in [-0.25, -0.2) is 0 Å². The predicted octanol–water partition coefficient (Wildman–Crippen LogP) is 5.12. The average molecular weight is 301 g/mol. The van der Waals surface area contributed by atoms with Gasteiger partial charge in [-0.1, -0.05) is 0 Å². The van der Waals surface area contributed by atoms with Crippen LogP contribution in [0.25, 0.3) is 0 Å². The second-order valence-electron chi connectivity index (χ2n) is 6.12. The Labute approximate surface area is 130 Å². The van der Waals surface area contributed by atoms with Crippen molar-refractivity contribution in [1.82, 2.24) is 0 Å². The summed E-state index contributed by atoms with van der Waals surface area (Å²) in [4.78, 5) is 3.01. The van der Waals surface area contributed by atoms with E-state index in [0.29, 0.717) is 11.8 Å². The molecule has 21 heavy (non-hydrogen) atoms. The number of phenolic OH excluding ortho intramolecular Hbond substituents is 1. The van der Waals surface area contributed by atoms with Gasteiger partial charge in [-0.3, -0.25) is 0 Å². The van der Waals surface area contributed by atoms with Crippen LogP contribution in [0, 0.1) is 13.8 Å². The van der Waals surface area contributed by atoms with Crippen molar-refractivity contribution >= 4 is 17.0 Å². The molecule has 3 heteroatoms. The lowest BCUT2D eigenvalue weighted by molar-refractivity contribution is 0.471. The molecule has 1 aliphatic carbocycles. The van der Waals surface area contributed by atoms with Crippen LogP contribution in [0.2, 0.25) is 0 Å². The van der Waals surface area contributed by atoms with Crippen molar-refractivity contribution in [2.24, 2.45) is 0 Å². The Bertz CT molecular complexity index is 636. The minimum atomic E-state index is 0.309. The first-order valence-electron chi connectivity index (χ1n) is 7.73. The smallest absolute Gasteiger partial charge is 0.118 e. The number of aromatic hydroxyl groups is 1. The van der Waals surface area contributed by atoms with Gasteiger partial charge < -0.3 is 10.4 Å². The van der Waals surface area contributed by atoms with Crippen molar-refractivity contribution < 1.29 is 5.11 Å². The molecule has 0 bridgehead atoms. The Morgan fingerprint density at radius 3 is 2.62 bits per heavy atom. The Hall–Kier alpha value is -1.48. The molecule has 2 nitrogen and oxygen atoms in total. The third kappa shape index (κ3) is 2.93. The Kier molecular flexibility index (Phi) is 3.94. The summed E-state index contributed by atoms with van der Waals surface area (Å²) in [6.07, 6.45) is 5.17. The standard InChI is InChI=1S/C18H23NOS/c1-11-9-16(20)12(2)8-15(11)19-13(3)18-10-14-6-4-5-7-17(14)21-18/h8-10,13,19-20H,4-7H2,1-3H3. The highest BCUT2D eigenvalue weighted by molar-refractivity contribution is 7.12. The minimum Gasteiger partial charge on any atom is -0.508 e. The molecule has 0 amide bonds. The second kappa shape index (κ2) is 5.72. The monoisotopic (exact) mass is 301 g/mol. The maximum atomic E-state index is 9.76. The lowest BCUT2D eigenvalue weighted by atomic mass is 9.99. The number of nitrogens with one attached hydrogen (secondary N) is 1. The molecule has 0 radical (unpaired) electrons. The number of hydrogen-bond acceptors (Lipinski definition) is 3. The summed E-state index contributed by atoms with van der Waals surface area (Å²) in [5.74, 6) is 0.372. The lowest BCUT2D eigenvalue weighted by Crippen LogP contribution is -2.06. The highest BCUT2D eigenvalue weighted by Gasteiger charge is 2.17. The van der Waals surface area contributed by atoms with Gasteiger partial charge in [-0.15, -0.1) is 11.3 Å². The number of aryl methyl sites for hydroxylation is 4. The van der Waals surface area contributed by atoms with E-state index in [0.717, 1.165) is 16.8 Å². The van der Waals surface area contributed by atoms with Gasteiger partial charge in [0.05, 0.1) is 6.04 Å². The van der Waals surface area contributed by atoms with Crippen molar-refractivity contribution in [3.63, 3.8) is 0 Å². The molecule has 0 saturated carbocycles. The molecule has 1 aromatic carbocycles. The van der Waals surface area contributed by atoms with E-state index < -0.39 is 0 Å². The average Bonchev–Trinajstić information content (AvgIpc) is 2.88. The third-order valence-electron chi connectivity index (χ3n) is 4.36. The van der Waals surface area contributed by atoms with Crippen LogP contribution in [-0.4, -0.2) is 5.11 Å². The number of phenols is 1. The number of fused-ring (bicyclic) bond motifs is 1. The predicted molar refractivity (Wildman–Crippen MR) is 90.6 cm³/mol. The minimum absolute atomic E-state index is 0.309. The summed E-state index contributed by atoms with van der Waals surface area (Å²) in [7, 11) is 0. The molecular weight excluding hydrogens is 278 g/mol. The van der Waals surface area contributed by atoms with E-state index in [2.05, 4.69) is 18.3 Å². The summed E-state index contributed by atoms with van der Waals surface area (Å²) >= 11 is 1.96. The number of anilines is 1. The van der Waals surface area contributed by atoms with Crippen molar-refractivity contribution in [2.45, 2.75) is 52.5 Å². The SMILES string of the molecule is Cc1cc(NC(C)c2cc3c(s2)CCCC3)c(C)cc1O. The van der Waals surface area contributed by atoms with Gasteiger partial charge in [0, 0.05) is 15.4 Å². The molecule has 2 aromatic rings. The molecule has 1 heterocycles.